The molecule has 0 N–H and O–H groups in total. The molecule has 0 aromatic rings. The number of halogens is 1. The predicted octanol–water partition coefficient (Wildman–Crippen LogP) is 5.42. The standard InChI is InChI=1S/C20H30FNO2/c1-5-19(3)17(8-9-18(19)22-23)15-10-11-20(21)12-14(24-4)6-7-16(20)13(15)2/h6-7,12-13,15-18H,5,8-11H2,1-4H3/t13?,15?,16?,17?,18-,19-,20?/m0/s1. The maximum absolute atomic E-state index is 15.5. The van der Waals surface area contributed by atoms with E-state index in [0.29, 0.717) is 24.0 Å². The molecule has 0 saturated heterocycles. The molecule has 5 unspecified atom stereocenters. The van der Waals surface area contributed by atoms with Crippen molar-refractivity contribution < 1.29 is 9.13 Å². The zero-order chi connectivity index (χ0) is 17.5. The first kappa shape index (κ1) is 17.6. The summed E-state index contributed by atoms with van der Waals surface area (Å²) in [5, 5.41) is 3.43. The molecule has 3 aliphatic carbocycles. The van der Waals surface area contributed by atoms with E-state index < -0.39 is 5.67 Å². The summed E-state index contributed by atoms with van der Waals surface area (Å²) in [6, 6.07) is -0.0846. The van der Waals surface area contributed by atoms with E-state index in [1.165, 1.54) is 0 Å². The molecule has 3 nitrogen and oxygen atoms in total. The molecule has 0 radical (unpaired) electrons. The zero-order valence-corrected chi connectivity index (χ0v) is 15.3. The van der Waals surface area contributed by atoms with Crippen molar-refractivity contribution >= 4 is 0 Å². The van der Waals surface area contributed by atoms with Gasteiger partial charge in [-0.25, -0.2) is 4.39 Å². The highest BCUT2D eigenvalue weighted by molar-refractivity contribution is 5.29. The molecule has 3 aliphatic rings. The molecule has 7 atom stereocenters. The van der Waals surface area contributed by atoms with Gasteiger partial charge < -0.3 is 4.74 Å². The minimum Gasteiger partial charge on any atom is -0.497 e. The summed E-state index contributed by atoms with van der Waals surface area (Å²) in [4.78, 5) is 11.3. The molecule has 134 valence electrons. The van der Waals surface area contributed by atoms with Gasteiger partial charge in [0.15, 0.2) is 0 Å². The lowest BCUT2D eigenvalue weighted by molar-refractivity contribution is -0.0135. The Morgan fingerprint density at radius 3 is 2.75 bits per heavy atom. The summed E-state index contributed by atoms with van der Waals surface area (Å²) in [6.07, 6.45) is 9.90. The first-order valence-corrected chi connectivity index (χ1v) is 9.36. The summed E-state index contributed by atoms with van der Waals surface area (Å²) in [5.74, 6) is 1.71. The molecule has 0 heterocycles. The van der Waals surface area contributed by atoms with Crippen LogP contribution in [0.15, 0.2) is 29.2 Å². The van der Waals surface area contributed by atoms with Gasteiger partial charge >= 0.3 is 0 Å². The smallest absolute Gasteiger partial charge is 0.139 e. The molecule has 0 aromatic heterocycles. The van der Waals surface area contributed by atoms with Gasteiger partial charge in [-0.2, -0.15) is 4.91 Å². The van der Waals surface area contributed by atoms with Crippen LogP contribution in [0.5, 0.6) is 0 Å². The molecule has 0 spiro atoms. The molecule has 0 amide bonds. The van der Waals surface area contributed by atoms with Crippen molar-refractivity contribution in [1.82, 2.24) is 0 Å². The Hall–Kier alpha value is -1.19. The van der Waals surface area contributed by atoms with Crippen LogP contribution >= 0.6 is 0 Å². The zero-order valence-electron chi connectivity index (χ0n) is 15.3. The number of hydrogen-bond acceptors (Lipinski definition) is 3. The Morgan fingerprint density at radius 1 is 1.38 bits per heavy atom. The molecule has 24 heavy (non-hydrogen) atoms. The summed E-state index contributed by atoms with van der Waals surface area (Å²) >= 11 is 0. The topological polar surface area (TPSA) is 38.7 Å². The van der Waals surface area contributed by atoms with Crippen LogP contribution < -0.4 is 0 Å². The Bertz CT molecular complexity index is 560. The fourth-order valence-electron chi connectivity index (χ4n) is 5.82. The van der Waals surface area contributed by atoms with Gasteiger partial charge in [-0.15, -0.1) is 0 Å². The van der Waals surface area contributed by atoms with Gasteiger partial charge in [-0.05, 0) is 67.4 Å². The second-order valence-corrected chi connectivity index (χ2v) is 8.29. The predicted molar refractivity (Wildman–Crippen MR) is 94.2 cm³/mol. The molecular weight excluding hydrogens is 305 g/mol. The van der Waals surface area contributed by atoms with E-state index in [0.717, 1.165) is 25.7 Å². The van der Waals surface area contributed by atoms with Crippen LogP contribution in [0.1, 0.15) is 52.9 Å². The van der Waals surface area contributed by atoms with Gasteiger partial charge in [0.1, 0.15) is 11.4 Å². The third kappa shape index (κ3) is 2.53. The number of fused-ring (bicyclic) bond motifs is 1. The van der Waals surface area contributed by atoms with Gasteiger partial charge in [-0.1, -0.05) is 32.0 Å². The normalized spacial score (nSPS) is 47.9. The fraction of sp³-hybridized carbons (Fsp3) is 0.800. The molecular formula is C20H30FNO2. The molecule has 0 bridgehead atoms. The van der Waals surface area contributed by atoms with Crippen LogP contribution in [0.25, 0.3) is 0 Å². The van der Waals surface area contributed by atoms with Gasteiger partial charge in [-0.3, -0.25) is 0 Å². The lowest BCUT2D eigenvalue weighted by atomic mass is 9.57. The number of hydrogen-bond donors (Lipinski definition) is 0. The van der Waals surface area contributed by atoms with E-state index in [1.54, 1.807) is 13.2 Å². The highest BCUT2D eigenvalue weighted by Crippen LogP contribution is 2.58. The average molecular weight is 335 g/mol. The monoisotopic (exact) mass is 335 g/mol. The number of ether oxygens (including phenoxy) is 1. The molecule has 0 aliphatic heterocycles. The van der Waals surface area contributed by atoms with Crippen molar-refractivity contribution in [1.29, 1.82) is 0 Å². The quantitative estimate of drug-likeness (QED) is 0.644. The van der Waals surface area contributed by atoms with E-state index in [1.807, 2.05) is 12.2 Å². The summed E-state index contributed by atoms with van der Waals surface area (Å²) in [6.45, 7) is 6.58. The third-order valence-corrected chi connectivity index (χ3v) is 7.51. The SMILES string of the molecule is CC[C@@]1(C)C(C2CCC3(F)C=C(OC)C=CC3C2C)CC[C@@H]1N=O. The van der Waals surface area contributed by atoms with Crippen LogP contribution in [-0.2, 0) is 4.74 Å². The number of allylic oxidation sites excluding steroid dienone is 3. The Morgan fingerprint density at radius 2 is 2.12 bits per heavy atom. The minimum absolute atomic E-state index is 0.0388. The number of nitrogens with zero attached hydrogens (tertiary/aromatic N) is 1. The van der Waals surface area contributed by atoms with E-state index in [2.05, 4.69) is 25.9 Å². The molecule has 2 fully saturated rings. The molecule has 0 aromatic carbocycles. The average Bonchev–Trinajstić information content (AvgIpc) is 2.91. The van der Waals surface area contributed by atoms with Crippen LogP contribution in [0.4, 0.5) is 4.39 Å². The lowest BCUT2D eigenvalue weighted by Gasteiger charge is -2.49. The number of alkyl halides is 1. The largest absolute Gasteiger partial charge is 0.497 e. The maximum Gasteiger partial charge on any atom is 0.139 e. The van der Waals surface area contributed by atoms with Gasteiger partial charge in [0.2, 0.25) is 0 Å². The van der Waals surface area contributed by atoms with Crippen LogP contribution in [0.2, 0.25) is 0 Å². The van der Waals surface area contributed by atoms with E-state index in [4.69, 9.17) is 4.74 Å². The van der Waals surface area contributed by atoms with Crippen molar-refractivity contribution in [2.45, 2.75) is 64.6 Å². The second-order valence-electron chi connectivity index (χ2n) is 8.29. The summed E-state index contributed by atoms with van der Waals surface area (Å²) in [5.41, 5.74) is -1.33. The first-order chi connectivity index (χ1) is 11.4. The summed E-state index contributed by atoms with van der Waals surface area (Å²) < 4.78 is 20.7. The van der Waals surface area contributed by atoms with E-state index >= 15 is 4.39 Å². The number of methoxy groups -OCH3 is 1. The van der Waals surface area contributed by atoms with Crippen molar-refractivity contribution in [3.05, 3.63) is 28.9 Å². The molecule has 3 rings (SSSR count). The summed E-state index contributed by atoms with van der Waals surface area (Å²) in [7, 11) is 1.59. The van der Waals surface area contributed by atoms with Crippen molar-refractivity contribution in [3.8, 4) is 0 Å². The number of rotatable bonds is 4. The Kier molecular flexibility index (Phi) is 4.61. The molecule has 4 heteroatoms. The van der Waals surface area contributed by atoms with Crippen molar-refractivity contribution in [3.63, 3.8) is 0 Å². The van der Waals surface area contributed by atoms with Crippen LogP contribution in [0, 0.1) is 34.0 Å². The third-order valence-electron chi connectivity index (χ3n) is 7.51. The highest BCUT2D eigenvalue weighted by Gasteiger charge is 2.55. The maximum atomic E-state index is 15.5. The highest BCUT2D eigenvalue weighted by atomic mass is 19.1. The van der Waals surface area contributed by atoms with Crippen molar-refractivity contribution in [2.24, 2.45) is 34.3 Å². The van der Waals surface area contributed by atoms with Crippen LogP contribution in [-0.4, -0.2) is 18.8 Å². The fourth-order valence-corrected chi connectivity index (χ4v) is 5.82. The first-order valence-electron chi connectivity index (χ1n) is 9.36. The van der Waals surface area contributed by atoms with Gasteiger partial charge in [0.25, 0.3) is 0 Å². The van der Waals surface area contributed by atoms with Crippen molar-refractivity contribution in [2.75, 3.05) is 7.11 Å². The van der Waals surface area contributed by atoms with E-state index in [-0.39, 0.29) is 23.3 Å². The Labute approximate surface area is 144 Å². The number of nitroso groups, excluding NO2 is 1. The lowest BCUT2D eigenvalue weighted by Crippen LogP contribution is -2.48. The van der Waals surface area contributed by atoms with Gasteiger partial charge in [0, 0.05) is 5.92 Å². The second kappa shape index (κ2) is 6.27. The minimum atomic E-state index is -1.29. The van der Waals surface area contributed by atoms with Crippen LogP contribution in [0.3, 0.4) is 0 Å². The van der Waals surface area contributed by atoms with Gasteiger partial charge in [0.05, 0.1) is 13.2 Å². The molecule has 2 saturated carbocycles. The van der Waals surface area contributed by atoms with E-state index in [9.17, 15) is 4.91 Å². The Balaban J connectivity index is 1.85.